The Labute approximate surface area is 125 Å². The SMILES string of the molecule is CN1CCC(CN(C)S(=O)(=O)c2cccc(C(=O)O)c2)C1. The molecule has 0 amide bonds. The van der Waals surface area contributed by atoms with Crippen LogP contribution in [0.15, 0.2) is 29.2 Å². The molecule has 0 saturated carbocycles. The molecule has 116 valence electrons. The van der Waals surface area contributed by atoms with Crippen molar-refractivity contribution in [3.05, 3.63) is 29.8 Å². The van der Waals surface area contributed by atoms with Gasteiger partial charge in [-0.2, -0.15) is 0 Å². The maximum absolute atomic E-state index is 12.5. The average molecular weight is 312 g/mol. The molecule has 1 aliphatic heterocycles. The van der Waals surface area contributed by atoms with Gasteiger partial charge < -0.3 is 10.0 Å². The summed E-state index contributed by atoms with van der Waals surface area (Å²) in [5, 5.41) is 8.96. The van der Waals surface area contributed by atoms with Crippen molar-refractivity contribution < 1.29 is 18.3 Å². The summed E-state index contributed by atoms with van der Waals surface area (Å²) < 4.78 is 26.3. The minimum atomic E-state index is -3.65. The molecule has 6 nitrogen and oxygen atoms in total. The monoisotopic (exact) mass is 312 g/mol. The summed E-state index contributed by atoms with van der Waals surface area (Å²) in [7, 11) is -0.0870. The van der Waals surface area contributed by atoms with Gasteiger partial charge in [-0.3, -0.25) is 0 Å². The zero-order chi connectivity index (χ0) is 15.6. The van der Waals surface area contributed by atoms with Crippen LogP contribution in [0.25, 0.3) is 0 Å². The van der Waals surface area contributed by atoms with Crippen molar-refractivity contribution in [3.8, 4) is 0 Å². The predicted octanol–water partition coefficient (Wildman–Crippen LogP) is 0.957. The number of nitrogens with zero attached hydrogens (tertiary/aromatic N) is 2. The van der Waals surface area contributed by atoms with Gasteiger partial charge in [0.15, 0.2) is 0 Å². The molecule has 1 atom stereocenters. The Hall–Kier alpha value is -1.44. The Bertz CT molecular complexity index is 630. The Kier molecular flexibility index (Phi) is 4.65. The van der Waals surface area contributed by atoms with Crippen molar-refractivity contribution in [1.29, 1.82) is 0 Å². The largest absolute Gasteiger partial charge is 0.478 e. The van der Waals surface area contributed by atoms with Crippen LogP contribution in [0.2, 0.25) is 0 Å². The molecule has 7 heteroatoms. The summed E-state index contributed by atoms with van der Waals surface area (Å²) in [5.41, 5.74) is -0.0231. The van der Waals surface area contributed by atoms with Crippen molar-refractivity contribution in [2.75, 3.05) is 33.7 Å². The van der Waals surface area contributed by atoms with Gasteiger partial charge >= 0.3 is 5.97 Å². The highest BCUT2D eigenvalue weighted by molar-refractivity contribution is 7.89. The van der Waals surface area contributed by atoms with Crippen molar-refractivity contribution in [3.63, 3.8) is 0 Å². The molecule has 0 spiro atoms. The van der Waals surface area contributed by atoms with Gasteiger partial charge in [-0.05, 0) is 44.1 Å². The summed E-state index contributed by atoms with van der Waals surface area (Å²) in [5.74, 6) is -0.815. The van der Waals surface area contributed by atoms with E-state index < -0.39 is 16.0 Å². The lowest BCUT2D eigenvalue weighted by Gasteiger charge is -2.21. The lowest BCUT2D eigenvalue weighted by molar-refractivity contribution is 0.0696. The summed E-state index contributed by atoms with van der Waals surface area (Å²) in [6.07, 6.45) is 0.978. The molecule has 1 fully saturated rings. The van der Waals surface area contributed by atoms with Gasteiger partial charge in [0, 0.05) is 20.1 Å². The zero-order valence-corrected chi connectivity index (χ0v) is 13.0. The normalized spacial score (nSPS) is 20.0. The molecule has 1 aliphatic rings. The average Bonchev–Trinajstić information content (AvgIpc) is 2.84. The highest BCUT2D eigenvalue weighted by atomic mass is 32.2. The Morgan fingerprint density at radius 3 is 2.76 bits per heavy atom. The van der Waals surface area contributed by atoms with Gasteiger partial charge in [-0.25, -0.2) is 17.5 Å². The molecule has 2 rings (SSSR count). The van der Waals surface area contributed by atoms with Crippen LogP contribution < -0.4 is 0 Å². The number of carboxylic acids is 1. The molecule has 1 heterocycles. The van der Waals surface area contributed by atoms with Crippen LogP contribution in [0.3, 0.4) is 0 Å². The van der Waals surface area contributed by atoms with Crippen LogP contribution in [0.1, 0.15) is 16.8 Å². The number of benzene rings is 1. The molecule has 1 aromatic rings. The number of hydrogen-bond acceptors (Lipinski definition) is 4. The van der Waals surface area contributed by atoms with Crippen LogP contribution in [0.5, 0.6) is 0 Å². The van der Waals surface area contributed by atoms with E-state index in [0.29, 0.717) is 12.5 Å². The first-order chi connectivity index (χ1) is 9.80. The molecule has 1 aromatic carbocycles. The van der Waals surface area contributed by atoms with Crippen molar-refractivity contribution in [1.82, 2.24) is 9.21 Å². The molecule has 0 bridgehead atoms. The molecule has 0 aliphatic carbocycles. The third kappa shape index (κ3) is 3.61. The van der Waals surface area contributed by atoms with E-state index in [4.69, 9.17) is 5.11 Å². The van der Waals surface area contributed by atoms with Gasteiger partial charge in [0.2, 0.25) is 10.0 Å². The number of aromatic carboxylic acids is 1. The second-order valence-electron chi connectivity index (χ2n) is 5.54. The van der Waals surface area contributed by atoms with Gasteiger partial charge in [0.05, 0.1) is 10.5 Å². The molecule has 1 unspecified atom stereocenters. The first-order valence-electron chi connectivity index (χ1n) is 6.79. The summed E-state index contributed by atoms with van der Waals surface area (Å²) in [6, 6.07) is 5.47. The fourth-order valence-electron chi connectivity index (χ4n) is 2.61. The van der Waals surface area contributed by atoms with E-state index >= 15 is 0 Å². The number of carbonyl (C=O) groups is 1. The maximum Gasteiger partial charge on any atom is 0.335 e. The summed E-state index contributed by atoms with van der Waals surface area (Å²) in [6.45, 7) is 2.31. The lowest BCUT2D eigenvalue weighted by atomic mass is 10.1. The van der Waals surface area contributed by atoms with Crippen LogP contribution >= 0.6 is 0 Å². The second-order valence-corrected chi connectivity index (χ2v) is 7.58. The number of sulfonamides is 1. The minimum Gasteiger partial charge on any atom is -0.478 e. The fraction of sp³-hybridized carbons (Fsp3) is 0.500. The van der Waals surface area contributed by atoms with Crippen LogP contribution in [-0.4, -0.2) is 62.4 Å². The zero-order valence-electron chi connectivity index (χ0n) is 12.2. The highest BCUT2D eigenvalue weighted by Crippen LogP contribution is 2.20. The van der Waals surface area contributed by atoms with Crippen LogP contribution in [0.4, 0.5) is 0 Å². The van der Waals surface area contributed by atoms with Gasteiger partial charge in [0.1, 0.15) is 0 Å². The van der Waals surface area contributed by atoms with Crippen molar-refractivity contribution in [2.24, 2.45) is 5.92 Å². The smallest absolute Gasteiger partial charge is 0.335 e. The molecule has 0 radical (unpaired) electrons. The minimum absolute atomic E-state index is 0.0231. The molecular formula is C14H20N2O4S. The van der Waals surface area contributed by atoms with E-state index in [0.717, 1.165) is 19.5 Å². The summed E-state index contributed by atoms with van der Waals surface area (Å²) in [4.78, 5) is 13.2. The predicted molar refractivity (Wildman–Crippen MR) is 78.8 cm³/mol. The number of rotatable bonds is 5. The second kappa shape index (κ2) is 6.13. The highest BCUT2D eigenvalue weighted by Gasteiger charge is 2.27. The number of hydrogen-bond donors (Lipinski definition) is 1. The molecule has 21 heavy (non-hydrogen) atoms. The van der Waals surface area contributed by atoms with E-state index in [2.05, 4.69) is 4.90 Å². The Balaban J connectivity index is 2.17. The van der Waals surface area contributed by atoms with Gasteiger partial charge in [-0.1, -0.05) is 6.07 Å². The maximum atomic E-state index is 12.5. The number of carboxylic acid groups (broad SMARTS) is 1. The third-order valence-corrected chi connectivity index (χ3v) is 5.61. The quantitative estimate of drug-likeness (QED) is 0.876. The van der Waals surface area contributed by atoms with E-state index in [1.165, 1.54) is 28.6 Å². The molecule has 1 N–H and O–H groups in total. The van der Waals surface area contributed by atoms with Crippen molar-refractivity contribution >= 4 is 16.0 Å². The van der Waals surface area contributed by atoms with E-state index in [9.17, 15) is 13.2 Å². The molecule has 0 aromatic heterocycles. The third-order valence-electron chi connectivity index (χ3n) is 3.79. The van der Waals surface area contributed by atoms with E-state index in [1.54, 1.807) is 7.05 Å². The van der Waals surface area contributed by atoms with Crippen LogP contribution in [0, 0.1) is 5.92 Å². The van der Waals surface area contributed by atoms with Crippen LogP contribution in [-0.2, 0) is 10.0 Å². The molecule has 1 saturated heterocycles. The molecular weight excluding hydrogens is 292 g/mol. The Morgan fingerprint density at radius 2 is 2.19 bits per heavy atom. The lowest BCUT2D eigenvalue weighted by Crippen LogP contribution is -2.33. The number of likely N-dealkylation sites (tertiary alicyclic amines) is 1. The van der Waals surface area contributed by atoms with Gasteiger partial charge in [0.25, 0.3) is 0 Å². The van der Waals surface area contributed by atoms with Crippen molar-refractivity contribution in [2.45, 2.75) is 11.3 Å². The van der Waals surface area contributed by atoms with E-state index in [1.807, 2.05) is 7.05 Å². The van der Waals surface area contributed by atoms with Gasteiger partial charge in [-0.15, -0.1) is 0 Å². The topological polar surface area (TPSA) is 77.9 Å². The standard InChI is InChI=1S/C14H20N2O4S/c1-15-7-6-11(9-15)10-16(2)21(19,20)13-5-3-4-12(8-13)14(17)18/h3-5,8,11H,6-7,9-10H2,1-2H3,(H,17,18). The fourth-order valence-corrected chi connectivity index (χ4v) is 3.90. The summed E-state index contributed by atoms with van der Waals surface area (Å²) >= 11 is 0. The Morgan fingerprint density at radius 1 is 1.48 bits per heavy atom. The first-order valence-corrected chi connectivity index (χ1v) is 8.23. The first kappa shape index (κ1) is 15.9. The van der Waals surface area contributed by atoms with E-state index in [-0.39, 0.29) is 10.5 Å².